The first-order chi connectivity index (χ1) is 24.6. The molecule has 1 N–H and O–H groups in total. The van der Waals surface area contributed by atoms with Crippen molar-refractivity contribution in [3.05, 3.63) is 106 Å². The number of nitrogens with one attached hydrogen (secondary N) is 1. The Morgan fingerprint density at radius 3 is 1.77 bits per heavy atom. The molecule has 13 nitrogen and oxygen atoms in total. The van der Waals surface area contributed by atoms with Crippen molar-refractivity contribution in [3.63, 3.8) is 0 Å². The first kappa shape index (κ1) is 37.0. The normalized spacial score (nSPS) is 12.3. The third-order valence-corrected chi connectivity index (χ3v) is 6.95. The molecule has 4 heterocycles. The number of aliphatic imine (C=N–C) groups is 1. The summed E-state index contributed by atoms with van der Waals surface area (Å²) in [4.78, 5) is 65.6. The van der Waals surface area contributed by atoms with E-state index in [1.165, 1.54) is 18.6 Å². The zero-order chi connectivity index (χ0) is 37.5. The number of benzene rings is 2. The lowest BCUT2D eigenvalue weighted by Gasteiger charge is -2.19. The first-order valence-electron chi connectivity index (χ1n) is 16.5. The van der Waals surface area contributed by atoms with Crippen LogP contribution in [-0.4, -0.2) is 55.1 Å². The average Bonchev–Trinajstić information content (AvgIpc) is 3.05. The Labute approximate surface area is 300 Å². The standard InChI is InChI=1S/C20H20N2O4.C19H19N3O4/c1-20(2,3)26-18(24)10-13-4-6-15(7-5-13)25-17-8-9-21-19-16(17)11-14(23)12-22-19;1-19(2,3)26-16(24)10-12-4-6-13(7-5-12)25-14-8-9-20-18-17(14)21-11-15(23)22-18/h4-9,12H,10-11H2,1-3H3;4-9,11H,10H2,1-3H3,(H,20,22,23). The summed E-state index contributed by atoms with van der Waals surface area (Å²) < 4.78 is 22.3. The summed E-state index contributed by atoms with van der Waals surface area (Å²) in [6.07, 6.45) is 6.21. The molecule has 0 spiro atoms. The highest BCUT2D eigenvalue weighted by Gasteiger charge is 2.20. The molecule has 2 aromatic carbocycles. The van der Waals surface area contributed by atoms with E-state index in [0.29, 0.717) is 45.5 Å². The van der Waals surface area contributed by atoms with E-state index in [4.69, 9.17) is 18.9 Å². The topological polar surface area (TPSA) is 172 Å². The average molecular weight is 706 g/mol. The van der Waals surface area contributed by atoms with E-state index in [1.807, 2.05) is 53.7 Å². The van der Waals surface area contributed by atoms with Gasteiger partial charge in [-0.05, 0) is 83.0 Å². The van der Waals surface area contributed by atoms with Gasteiger partial charge in [0.25, 0.3) is 5.56 Å². The summed E-state index contributed by atoms with van der Waals surface area (Å²) in [6, 6.07) is 17.7. The molecule has 0 bridgehead atoms. The lowest BCUT2D eigenvalue weighted by atomic mass is 10.1. The van der Waals surface area contributed by atoms with Crippen molar-refractivity contribution in [2.24, 2.45) is 4.99 Å². The number of aromatic nitrogens is 4. The minimum atomic E-state index is -0.503. The fourth-order valence-electron chi connectivity index (χ4n) is 4.89. The number of esters is 2. The number of H-pyrrole nitrogens is 1. The molecular formula is C39H39N5O8. The number of rotatable bonds is 8. The van der Waals surface area contributed by atoms with Crippen LogP contribution >= 0.6 is 0 Å². The summed E-state index contributed by atoms with van der Waals surface area (Å²) >= 11 is 0. The molecule has 5 aromatic rings. The van der Waals surface area contributed by atoms with Crippen molar-refractivity contribution in [1.29, 1.82) is 0 Å². The van der Waals surface area contributed by atoms with E-state index in [-0.39, 0.29) is 42.5 Å². The highest BCUT2D eigenvalue weighted by atomic mass is 16.6. The summed E-state index contributed by atoms with van der Waals surface area (Å²) in [7, 11) is 0. The molecule has 0 radical (unpaired) electrons. The number of carbonyl (C=O) groups is 3. The van der Waals surface area contributed by atoms with E-state index >= 15 is 0 Å². The molecule has 0 amide bonds. The maximum atomic E-state index is 11.9. The zero-order valence-electron chi connectivity index (χ0n) is 29.8. The Balaban J connectivity index is 0.000000201. The van der Waals surface area contributed by atoms with Crippen LogP contribution < -0.4 is 15.0 Å². The van der Waals surface area contributed by atoms with Gasteiger partial charge in [-0.25, -0.2) is 19.9 Å². The number of pyridine rings is 2. The molecular weight excluding hydrogens is 666 g/mol. The van der Waals surface area contributed by atoms with Gasteiger partial charge < -0.3 is 23.9 Å². The number of nitrogens with zero attached hydrogens (tertiary/aromatic N) is 4. The Morgan fingerprint density at radius 2 is 1.21 bits per heavy atom. The third kappa shape index (κ3) is 10.9. The number of fused-ring (bicyclic) bond motifs is 2. The molecule has 1 aliphatic rings. The minimum absolute atomic E-state index is 0.0805. The molecule has 268 valence electrons. The van der Waals surface area contributed by atoms with Crippen LogP contribution in [-0.2, 0) is 43.1 Å². The van der Waals surface area contributed by atoms with Crippen LogP contribution in [0.2, 0.25) is 0 Å². The van der Waals surface area contributed by atoms with Gasteiger partial charge in [-0.3, -0.25) is 19.2 Å². The molecule has 0 aliphatic carbocycles. The van der Waals surface area contributed by atoms with Crippen LogP contribution in [0.4, 0.5) is 5.82 Å². The summed E-state index contributed by atoms with van der Waals surface area (Å²) in [5.41, 5.74) is 1.83. The molecule has 0 saturated carbocycles. The lowest BCUT2D eigenvalue weighted by molar-refractivity contribution is -0.155. The maximum Gasteiger partial charge on any atom is 0.310 e. The molecule has 3 aromatic heterocycles. The predicted octanol–water partition coefficient (Wildman–Crippen LogP) is 6.58. The van der Waals surface area contributed by atoms with Crippen LogP contribution in [0, 0.1) is 0 Å². The van der Waals surface area contributed by atoms with Crippen molar-refractivity contribution >= 4 is 40.9 Å². The van der Waals surface area contributed by atoms with Crippen LogP contribution in [0.3, 0.4) is 0 Å². The number of ether oxygens (including phenoxy) is 4. The summed E-state index contributed by atoms with van der Waals surface area (Å²) in [6.45, 7) is 11.0. The third-order valence-electron chi connectivity index (χ3n) is 6.95. The monoisotopic (exact) mass is 705 g/mol. The first-order valence-corrected chi connectivity index (χ1v) is 16.5. The fraction of sp³-hybridized carbons (Fsp3) is 0.282. The van der Waals surface area contributed by atoms with Crippen molar-refractivity contribution < 1.29 is 33.3 Å². The van der Waals surface area contributed by atoms with Gasteiger partial charge in [0.05, 0.1) is 25.3 Å². The van der Waals surface area contributed by atoms with Gasteiger partial charge in [0, 0.05) is 30.4 Å². The smallest absolute Gasteiger partial charge is 0.310 e. The number of hydrogen-bond acceptors (Lipinski definition) is 12. The number of ketones is 1. The lowest BCUT2D eigenvalue weighted by Crippen LogP contribution is -2.24. The van der Waals surface area contributed by atoms with Gasteiger partial charge >= 0.3 is 11.9 Å². The van der Waals surface area contributed by atoms with Crippen LogP contribution in [0.1, 0.15) is 58.2 Å². The molecule has 0 unspecified atom stereocenters. The van der Waals surface area contributed by atoms with E-state index in [9.17, 15) is 19.2 Å². The van der Waals surface area contributed by atoms with Crippen LogP contribution in [0.25, 0.3) is 11.2 Å². The second-order valence-electron chi connectivity index (χ2n) is 13.8. The summed E-state index contributed by atoms with van der Waals surface area (Å²) in [5, 5.41) is 0. The molecule has 0 fully saturated rings. The van der Waals surface area contributed by atoms with Crippen molar-refractivity contribution in [2.45, 2.75) is 72.0 Å². The Hall–Kier alpha value is -6.24. The van der Waals surface area contributed by atoms with Gasteiger partial charge in [0.15, 0.2) is 23.0 Å². The highest BCUT2D eigenvalue weighted by molar-refractivity contribution is 6.29. The van der Waals surface area contributed by atoms with Crippen LogP contribution in [0.5, 0.6) is 23.0 Å². The quantitative estimate of drug-likeness (QED) is 0.173. The van der Waals surface area contributed by atoms with Crippen molar-refractivity contribution in [2.75, 3.05) is 0 Å². The van der Waals surface area contributed by atoms with E-state index in [1.54, 1.807) is 54.7 Å². The van der Waals surface area contributed by atoms with Crippen molar-refractivity contribution in [3.8, 4) is 23.0 Å². The van der Waals surface area contributed by atoms with Crippen LogP contribution in [0.15, 0.2) is 89.0 Å². The maximum absolute atomic E-state index is 11.9. The number of Topliss-reactive ketones (excluding diaryl/α,β-unsaturated/α-hetero) is 1. The SMILES string of the molecule is CC(C)(C)OC(=O)Cc1ccc(Oc2ccnc3[nH]c(=O)cnc23)cc1.CC(C)(C)OC(=O)Cc1ccc(Oc2ccnc3c2CC(=O)C=N3)cc1. The van der Waals surface area contributed by atoms with Crippen molar-refractivity contribution in [1.82, 2.24) is 19.9 Å². The fourth-order valence-corrected chi connectivity index (χ4v) is 4.89. The van der Waals surface area contributed by atoms with Gasteiger partial charge in [0.1, 0.15) is 34.0 Å². The van der Waals surface area contributed by atoms with E-state index < -0.39 is 11.2 Å². The summed E-state index contributed by atoms with van der Waals surface area (Å²) in [5.74, 6) is 2.09. The predicted molar refractivity (Wildman–Crippen MR) is 193 cm³/mol. The second-order valence-corrected chi connectivity index (χ2v) is 13.8. The Kier molecular flexibility index (Phi) is 11.2. The second kappa shape index (κ2) is 15.8. The number of carbonyl (C=O) groups excluding carboxylic acids is 3. The molecule has 13 heteroatoms. The molecule has 0 atom stereocenters. The van der Waals surface area contributed by atoms with Gasteiger partial charge in [-0.1, -0.05) is 24.3 Å². The number of hydrogen-bond donors (Lipinski definition) is 1. The zero-order valence-corrected chi connectivity index (χ0v) is 29.8. The molecule has 6 rings (SSSR count). The van der Waals surface area contributed by atoms with E-state index in [2.05, 4.69) is 24.9 Å². The number of aromatic amines is 1. The minimum Gasteiger partial charge on any atom is -0.460 e. The molecule has 0 saturated heterocycles. The Bertz CT molecular complexity index is 2160. The largest absolute Gasteiger partial charge is 0.460 e. The van der Waals surface area contributed by atoms with E-state index in [0.717, 1.165) is 11.1 Å². The highest BCUT2D eigenvalue weighted by Crippen LogP contribution is 2.33. The van der Waals surface area contributed by atoms with Gasteiger partial charge in [0.2, 0.25) is 0 Å². The molecule has 1 aliphatic heterocycles. The molecule has 52 heavy (non-hydrogen) atoms. The van der Waals surface area contributed by atoms with Gasteiger partial charge in [-0.2, -0.15) is 0 Å². The van der Waals surface area contributed by atoms with Gasteiger partial charge in [-0.15, -0.1) is 0 Å². The Morgan fingerprint density at radius 1 is 0.692 bits per heavy atom.